The summed E-state index contributed by atoms with van der Waals surface area (Å²) in [5.74, 6) is 0. The second-order valence-electron chi connectivity index (χ2n) is 2.52. The molecule has 0 heterocycles. The fourth-order valence-electron chi connectivity index (χ4n) is 0.715. The lowest BCUT2D eigenvalue weighted by molar-refractivity contribution is 0.812. The summed E-state index contributed by atoms with van der Waals surface area (Å²) in [5.41, 5.74) is 0. The summed E-state index contributed by atoms with van der Waals surface area (Å²) in [6, 6.07) is 0. The van der Waals surface area contributed by atoms with Crippen LogP contribution in [0.2, 0.25) is 0 Å². The standard InChI is InChI=1S/C10H19N/c1-3-5-7-8-10-11-9-6-4-2/h6,8-11H,3-5,7H2,1-2H3. The zero-order valence-electron chi connectivity index (χ0n) is 7.64. The first-order valence-electron chi connectivity index (χ1n) is 4.47. The third-order valence-electron chi connectivity index (χ3n) is 1.39. The monoisotopic (exact) mass is 153 g/mol. The van der Waals surface area contributed by atoms with Gasteiger partial charge >= 0.3 is 0 Å². The second kappa shape index (κ2) is 9.28. The summed E-state index contributed by atoms with van der Waals surface area (Å²) in [4.78, 5) is 0. The van der Waals surface area contributed by atoms with Gasteiger partial charge in [-0.25, -0.2) is 0 Å². The predicted octanol–water partition coefficient (Wildman–Crippen LogP) is 3.20. The van der Waals surface area contributed by atoms with E-state index in [1.165, 1.54) is 19.3 Å². The first-order chi connectivity index (χ1) is 5.41. The highest BCUT2D eigenvalue weighted by Gasteiger charge is 1.75. The first-order valence-corrected chi connectivity index (χ1v) is 4.47. The highest BCUT2D eigenvalue weighted by atomic mass is 14.8. The van der Waals surface area contributed by atoms with E-state index in [1.807, 2.05) is 12.4 Å². The molecule has 0 radical (unpaired) electrons. The molecule has 0 aliphatic carbocycles. The van der Waals surface area contributed by atoms with Crippen molar-refractivity contribution in [2.45, 2.75) is 39.5 Å². The van der Waals surface area contributed by atoms with Crippen molar-refractivity contribution < 1.29 is 0 Å². The van der Waals surface area contributed by atoms with Crippen molar-refractivity contribution in [2.24, 2.45) is 0 Å². The van der Waals surface area contributed by atoms with E-state index < -0.39 is 0 Å². The molecular formula is C10H19N. The Bertz CT molecular complexity index is 114. The zero-order valence-corrected chi connectivity index (χ0v) is 7.64. The van der Waals surface area contributed by atoms with Crippen LogP contribution in [0.1, 0.15) is 39.5 Å². The van der Waals surface area contributed by atoms with Crippen molar-refractivity contribution in [3.8, 4) is 0 Å². The Balaban J connectivity index is 3.09. The molecule has 0 rings (SSSR count). The molecule has 0 aliphatic heterocycles. The summed E-state index contributed by atoms with van der Waals surface area (Å²) < 4.78 is 0. The molecule has 0 unspecified atom stereocenters. The average molecular weight is 153 g/mol. The molecule has 1 heteroatoms. The molecule has 0 bridgehead atoms. The van der Waals surface area contributed by atoms with Crippen LogP contribution in [0.5, 0.6) is 0 Å². The fraction of sp³-hybridized carbons (Fsp3) is 0.600. The van der Waals surface area contributed by atoms with Crippen molar-refractivity contribution in [3.05, 3.63) is 24.6 Å². The maximum absolute atomic E-state index is 3.08. The number of hydrogen-bond donors (Lipinski definition) is 1. The van der Waals surface area contributed by atoms with Crippen LogP contribution in [0, 0.1) is 0 Å². The molecule has 0 aromatic carbocycles. The Morgan fingerprint density at radius 3 is 2.45 bits per heavy atom. The highest BCUT2D eigenvalue weighted by Crippen LogP contribution is 1.93. The van der Waals surface area contributed by atoms with Crippen LogP contribution < -0.4 is 5.32 Å². The topological polar surface area (TPSA) is 12.0 Å². The summed E-state index contributed by atoms with van der Waals surface area (Å²) in [6.45, 7) is 4.33. The van der Waals surface area contributed by atoms with Gasteiger partial charge in [0.1, 0.15) is 0 Å². The highest BCUT2D eigenvalue weighted by molar-refractivity contribution is 4.87. The minimum Gasteiger partial charge on any atom is -0.368 e. The maximum atomic E-state index is 3.08. The van der Waals surface area contributed by atoms with Crippen LogP contribution in [0.15, 0.2) is 24.6 Å². The third-order valence-corrected chi connectivity index (χ3v) is 1.39. The van der Waals surface area contributed by atoms with Gasteiger partial charge in [-0.2, -0.15) is 0 Å². The number of rotatable bonds is 6. The van der Waals surface area contributed by atoms with E-state index in [-0.39, 0.29) is 0 Å². The average Bonchev–Trinajstić information content (AvgIpc) is 2.03. The van der Waals surface area contributed by atoms with E-state index in [9.17, 15) is 0 Å². The van der Waals surface area contributed by atoms with Crippen molar-refractivity contribution in [2.75, 3.05) is 0 Å². The molecule has 0 fully saturated rings. The zero-order chi connectivity index (χ0) is 8.36. The number of hydrogen-bond acceptors (Lipinski definition) is 1. The molecule has 0 spiro atoms. The first kappa shape index (κ1) is 10.3. The molecule has 0 aliphatic rings. The van der Waals surface area contributed by atoms with E-state index in [4.69, 9.17) is 0 Å². The second-order valence-corrected chi connectivity index (χ2v) is 2.52. The Hall–Kier alpha value is -0.720. The molecule has 0 saturated carbocycles. The number of nitrogens with one attached hydrogen (secondary N) is 1. The summed E-state index contributed by atoms with van der Waals surface area (Å²) in [7, 11) is 0. The smallest absolute Gasteiger partial charge is 0.00358 e. The van der Waals surface area contributed by atoms with Crippen LogP contribution in [-0.4, -0.2) is 0 Å². The molecule has 0 atom stereocenters. The van der Waals surface area contributed by atoms with Gasteiger partial charge in [-0.1, -0.05) is 38.8 Å². The summed E-state index contributed by atoms with van der Waals surface area (Å²) in [6.07, 6.45) is 13.1. The lowest BCUT2D eigenvalue weighted by Crippen LogP contribution is -1.90. The van der Waals surface area contributed by atoms with Crippen molar-refractivity contribution in [1.29, 1.82) is 0 Å². The quantitative estimate of drug-likeness (QED) is 0.578. The number of allylic oxidation sites excluding steroid dienone is 2. The van der Waals surface area contributed by atoms with Gasteiger partial charge in [-0.3, -0.25) is 0 Å². The Kier molecular flexibility index (Phi) is 8.67. The fourth-order valence-corrected chi connectivity index (χ4v) is 0.715. The van der Waals surface area contributed by atoms with Gasteiger partial charge in [-0.15, -0.1) is 0 Å². The van der Waals surface area contributed by atoms with Crippen molar-refractivity contribution >= 4 is 0 Å². The molecule has 0 aromatic heterocycles. The predicted molar refractivity (Wildman–Crippen MR) is 51.2 cm³/mol. The van der Waals surface area contributed by atoms with Gasteiger partial charge < -0.3 is 5.32 Å². The van der Waals surface area contributed by atoms with Gasteiger partial charge in [0, 0.05) is 0 Å². The van der Waals surface area contributed by atoms with Gasteiger partial charge in [0.25, 0.3) is 0 Å². The Morgan fingerprint density at radius 1 is 1.09 bits per heavy atom. The molecule has 0 saturated heterocycles. The van der Waals surface area contributed by atoms with Crippen LogP contribution in [-0.2, 0) is 0 Å². The lowest BCUT2D eigenvalue weighted by Gasteiger charge is -1.89. The molecule has 1 nitrogen and oxygen atoms in total. The summed E-state index contributed by atoms with van der Waals surface area (Å²) in [5, 5.41) is 3.08. The van der Waals surface area contributed by atoms with Crippen LogP contribution in [0.3, 0.4) is 0 Å². The lowest BCUT2D eigenvalue weighted by atomic mass is 10.2. The molecule has 1 N–H and O–H groups in total. The molecule has 0 aromatic rings. The molecule has 0 amide bonds. The van der Waals surface area contributed by atoms with Gasteiger partial charge in [-0.05, 0) is 25.2 Å². The van der Waals surface area contributed by atoms with Crippen LogP contribution in [0.25, 0.3) is 0 Å². The van der Waals surface area contributed by atoms with Crippen LogP contribution >= 0.6 is 0 Å². The van der Waals surface area contributed by atoms with E-state index in [0.717, 1.165) is 6.42 Å². The molecular weight excluding hydrogens is 134 g/mol. The summed E-state index contributed by atoms with van der Waals surface area (Å²) >= 11 is 0. The van der Waals surface area contributed by atoms with E-state index in [0.29, 0.717) is 0 Å². The normalized spacial score (nSPS) is 11.5. The minimum absolute atomic E-state index is 1.09. The van der Waals surface area contributed by atoms with Gasteiger partial charge in [0.05, 0.1) is 0 Å². The van der Waals surface area contributed by atoms with E-state index in [2.05, 4.69) is 31.3 Å². The molecule has 64 valence electrons. The maximum Gasteiger partial charge on any atom is -0.00358 e. The van der Waals surface area contributed by atoms with Crippen molar-refractivity contribution in [1.82, 2.24) is 5.32 Å². The molecule has 11 heavy (non-hydrogen) atoms. The van der Waals surface area contributed by atoms with E-state index >= 15 is 0 Å². The van der Waals surface area contributed by atoms with Gasteiger partial charge in [0.15, 0.2) is 0 Å². The largest absolute Gasteiger partial charge is 0.368 e. The Labute approximate surface area is 70.2 Å². The SMILES string of the molecule is CCC=CNC=CCCCC. The minimum atomic E-state index is 1.09. The van der Waals surface area contributed by atoms with Gasteiger partial charge in [0.2, 0.25) is 0 Å². The van der Waals surface area contributed by atoms with E-state index in [1.54, 1.807) is 0 Å². The third kappa shape index (κ3) is 9.28. The Morgan fingerprint density at radius 2 is 1.82 bits per heavy atom. The van der Waals surface area contributed by atoms with Crippen molar-refractivity contribution in [3.63, 3.8) is 0 Å². The number of unbranched alkanes of at least 4 members (excludes halogenated alkanes) is 2. The van der Waals surface area contributed by atoms with Crippen LogP contribution in [0.4, 0.5) is 0 Å².